The largest absolute Gasteiger partial charge is 0.354 e. The van der Waals surface area contributed by atoms with Crippen molar-refractivity contribution in [2.45, 2.75) is 45.2 Å². The number of hydrogen-bond acceptors (Lipinski definition) is 2. The first kappa shape index (κ1) is 24.5. The van der Waals surface area contributed by atoms with Gasteiger partial charge in [0.15, 0.2) is 0 Å². The third kappa shape index (κ3) is 7.76. The van der Waals surface area contributed by atoms with Crippen molar-refractivity contribution < 1.29 is 9.59 Å². The zero-order chi connectivity index (χ0) is 23.5. The molecule has 3 aromatic carbocycles. The summed E-state index contributed by atoms with van der Waals surface area (Å²) < 4.78 is 0. The quantitative estimate of drug-likeness (QED) is 0.386. The molecule has 2 amide bonds. The number of rotatable bonds is 11. The van der Waals surface area contributed by atoms with Crippen molar-refractivity contribution in [3.63, 3.8) is 0 Å². The Kier molecular flexibility index (Phi) is 9.52. The van der Waals surface area contributed by atoms with Gasteiger partial charge in [0.1, 0.15) is 6.04 Å². The molecule has 3 rings (SSSR count). The van der Waals surface area contributed by atoms with Gasteiger partial charge in [0.25, 0.3) is 0 Å². The summed E-state index contributed by atoms with van der Waals surface area (Å²) in [5.74, 6) is -0.219. The van der Waals surface area contributed by atoms with Gasteiger partial charge in [-0.3, -0.25) is 9.59 Å². The normalized spacial score (nSPS) is 11.6. The highest BCUT2D eigenvalue weighted by atomic mass is 35.5. The third-order valence-corrected chi connectivity index (χ3v) is 5.78. The maximum atomic E-state index is 13.6. The molecular formula is C28H31ClN2O2. The number of carbonyl (C=O) groups excluding carboxylic acids is 2. The van der Waals surface area contributed by atoms with Crippen LogP contribution in [0.3, 0.4) is 0 Å². The first-order chi connectivity index (χ1) is 16.1. The van der Waals surface area contributed by atoms with Gasteiger partial charge in [0.2, 0.25) is 11.8 Å². The number of benzene rings is 3. The van der Waals surface area contributed by atoms with Crippen LogP contribution in [0, 0.1) is 0 Å². The highest BCUT2D eigenvalue weighted by Crippen LogP contribution is 2.18. The average molecular weight is 463 g/mol. The molecule has 0 aliphatic carbocycles. The second-order valence-electron chi connectivity index (χ2n) is 8.16. The summed E-state index contributed by atoms with van der Waals surface area (Å²) in [6.07, 6.45) is 2.56. The Morgan fingerprint density at radius 3 is 2.15 bits per heavy atom. The predicted molar refractivity (Wildman–Crippen MR) is 134 cm³/mol. The maximum Gasteiger partial charge on any atom is 0.243 e. The standard InChI is InChI=1S/C28H31ClN2O2/c1-2-3-17-30-28(33)26(19-22-11-6-4-7-12-22)31(21-24-15-10-16-25(29)18-24)27(32)20-23-13-8-5-9-14-23/h4-16,18,26H,2-3,17,19-21H2,1H3,(H,30,33)/t26-/m0/s1. The Morgan fingerprint density at radius 1 is 0.879 bits per heavy atom. The van der Waals surface area contributed by atoms with E-state index in [1.165, 1.54) is 0 Å². The predicted octanol–water partition coefficient (Wildman–Crippen LogP) is 5.44. The molecule has 33 heavy (non-hydrogen) atoms. The lowest BCUT2D eigenvalue weighted by atomic mass is 10.0. The van der Waals surface area contributed by atoms with E-state index < -0.39 is 6.04 Å². The van der Waals surface area contributed by atoms with Crippen LogP contribution in [0.15, 0.2) is 84.9 Å². The molecule has 1 atom stereocenters. The number of carbonyl (C=O) groups is 2. The van der Waals surface area contributed by atoms with Gasteiger partial charge in [-0.2, -0.15) is 0 Å². The van der Waals surface area contributed by atoms with Crippen molar-refractivity contribution in [1.29, 1.82) is 0 Å². The number of amides is 2. The molecule has 0 aliphatic heterocycles. The van der Waals surface area contributed by atoms with Gasteiger partial charge >= 0.3 is 0 Å². The lowest BCUT2D eigenvalue weighted by Crippen LogP contribution is -2.51. The van der Waals surface area contributed by atoms with Crippen LogP contribution in [0.5, 0.6) is 0 Å². The first-order valence-electron chi connectivity index (χ1n) is 11.5. The molecule has 0 saturated heterocycles. The van der Waals surface area contributed by atoms with E-state index >= 15 is 0 Å². The van der Waals surface area contributed by atoms with Crippen LogP contribution < -0.4 is 5.32 Å². The van der Waals surface area contributed by atoms with E-state index in [0.29, 0.717) is 24.5 Å². The molecule has 0 spiro atoms. The lowest BCUT2D eigenvalue weighted by Gasteiger charge is -2.32. The molecule has 0 saturated carbocycles. The van der Waals surface area contributed by atoms with Gasteiger partial charge in [-0.1, -0.05) is 97.7 Å². The summed E-state index contributed by atoms with van der Waals surface area (Å²) >= 11 is 6.21. The molecule has 0 aromatic heterocycles. The Labute approximate surface area is 201 Å². The van der Waals surface area contributed by atoms with Crippen LogP contribution in [0.2, 0.25) is 5.02 Å². The number of unbranched alkanes of at least 4 members (excludes halogenated alkanes) is 1. The molecule has 0 radical (unpaired) electrons. The Hall–Kier alpha value is -3.11. The Balaban J connectivity index is 1.92. The van der Waals surface area contributed by atoms with Crippen molar-refractivity contribution in [1.82, 2.24) is 10.2 Å². The summed E-state index contributed by atoms with van der Waals surface area (Å²) in [6.45, 7) is 2.99. The molecule has 0 aliphatic rings. The molecule has 5 heteroatoms. The first-order valence-corrected chi connectivity index (χ1v) is 11.8. The minimum atomic E-state index is -0.626. The second-order valence-corrected chi connectivity index (χ2v) is 8.60. The van der Waals surface area contributed by atoms with Crippen LogP contribution >= 0.6 is 11.6 Å². The minimum absolute atomic E-state index is 0.0900. The topological polar surface area (TPSA) is 49.4 Å². The fraction of sp³-hybridized carbons (Fsp3) is 0.286. The molecular weight excluding hydrogens is 432 g/mol. The number of nitrogens with zero attached hydrogens (tertiary/aromatic N) is 1. The van der Waals surface area contributed by atoms with E-state index in [1.807, 2.05) is 78.9 Å². The monoisotopic (exact) mass is 462 g/mol. The zero-order valence-corrected chi connectivity index (χ0v) is 19.8. The van der Waals surface area contributed by atoms with Crippen LogP contribution in [0.4, 0.5) is 0 Å². The van der Waals surface area contributed by atoms with Gasteiger partial charge in [-0.25, -0.2) is 0 Å². The molecule has 4 nitrogen and oxygen atoms in total. The van der Waals surface area contributed by atoms with Gasteiger partial charge in [0.05, 0.1) is 6.42 Å². The Bertz CT molecular complexity index is 1020. The number of hydrogen-bond donors (Lipinski definition) is 1. The van der Waals surface area contributed by atoms with Crippen molar-refractivity contribution in [3.05, 3.63) is 107 Å². The summed E-state index contributed by atoms with van der Waals surface area (Å²) in [4.78, 5) is 28.6. The molecule has 172 valence electrons. The summed E-state index contributed by atoms with van der Waals surface area (Å²) in [5.41, 5.74) is 2.82. The lowest BCUT2D eigenvalue weighted by molar-refractivity contribution is -0.140. The molecule has 0 fully saturated rings. The number of halogens is 1. The van der Waals surface area contributed by atoms with Gasteiger partial charge in [-0.05, 0) is 35.2 Å². The van der Waals surface area contributed by atoms with Crippen molar-refractivity contribution in [3.8, 4) is 0 Å². The molecule has 0 heterocycles. The van der Waals surface area contributed by atoms with Crippen molar-refractivity contribution >= 4 is 23.4 Å². The average Bonchev–Trinajstić information content (AvgIpc) is 2.82. The van der Waals surface area contributed by atoms with Gasteiger partial charge in [-0.15, -0.1) is 0 Å². The fourth-order valence-electron chi connectivity index (χ4n) is 3.76. The highest BCUT2D eigenvalue weighted by molar-refractivity contribution is 6.30. The molecule has 1 N–H and O–H groups in total. The third-order valence-electron chi connectivity index (χ3n) is 5.54. The molecule has 0 unspecified atom stereocenters. The van der Waals surface area contributed by atoms with Crippen molar-refractivity contribution in [2.75, 3.05) is 6.54 Å². The van der Waals surface area contributed by atoms with E-state index in [9.17, 15) is 9.59 Å². The summed E-state index contributed by atoms with van der Waals surface area (Å²) in [6, 6.07) is 26.3. The number of nitrogens with one attached hydrogen (secondary N) is 1. The summed E-state index contributed by atoms with van der Waals surface area (Å²) in [5, 5.41) is 3.65. The minimum Gasteiger partial charge on any atom is -0.354 e. The Morgan fingerprint density at radius 2 is 1.52 bits per heavy atom. The van der Waals surface area contributed by atoms with E-state index in [0.717, 1.165) is 29.5 Å². The van der Waals surface area contributed by atoms with E-state index in [1.54, 1.807) is 11.0 Å². The molecule has 0 bridgehead atoms. The van der Waals surface area contributed by atoms with E-state index in [4.69, 9.17) is 11.6 Å². The van der Waals surface area contributed by atoms with Crippen molar-refractivity contribution in [2.24, 2.45) is 0 Å². The van der Waals surface area contributed by atoms with Crippen LogP contribution in [-0.2, 0) is 29.0 Å². The van der Waals surface area contributed by atoms with Crippen LogP contribution in [0.1, 0.15) is 36.5 Å². The SMILES string of the molecule is CCCCNC(=O)[C@H](Cc1ccccc1)N(Cc1cccc(Cl)c1)C(=O)Cc1ccccc1. The maximum absolute atomic E-state index is 13.6. The van der Waals surface area contributed by atoms with Gasteiger partial charge < -0.3 is 10.2 Å². The summed E-state index contributed by atoms with van der Waals surface area (Å²) in [7, 11) is 0. The van der Waals surface area contributed by atoms with E-state index in [2.05, 4.69) is 12.2 Å². The van der Waals surface area contributed by atoms with Crippen LogP contribution in [0.25, 0.3) is 0 Å². The van der Waals surface area contributed by atoms with Crippen LogP contribution in [-0.4, -0.2) is 29.3 Å². The smallest absolute Gasteiger partial charge is 0.243 e. The molecule has 3 aromatic rings. The van der Waals surface area contributed by atoms with E-state index in [-0.39, 0.29) is 18.2 Å². The highest BCUT2D eigenvalue weighted by Gasteiger charge is 2.30. The van der Waals surface area contributed by atoms with Gasteiger partial charge in [0, 0.05) is 24.5 Å². The fourth-order valence-corrected chi connectivity index (χ4v) is 3.98. The second kappa shape index (κ2) is 12.8. The zero-order valence-electron chi connectivity index (χ0n) is 19.0.